The highest BCUT2D eigenvalue weighted by atomic mass is 127. The van der Waals surface area contributed by atoms with Gasteiger partial charge in [0.2, 0.25) is 0 Å². The highest BCUT2D eigenvalue weighted by Gasteiger charge is 2.13. The Labute approximate surface area is 136 Å². The molecule has 17 heavy (non-hydrogen) atoms. The lowest BCUT2D eigenvalue weighted by Crippen LogP contribution is -1.95. The monoisotopic (exact) mass is 484 g/mol. The fraction of sp³-hybridized carbons (Fsp3) is 0.0769. The molecule has 2 rings (SSSR count). The van der Waals surface area contributed by atoms with Gasteiger partial charge in [-0.05, 0) is 64.0 Å². The zero-order chi connectivity index (χ0) is 12.4. The van der Waals surface area contributed by atoms with Crippen molar-refractivity contribution in [1.82, 2.24) is 0 Å². The third-order valence-corrected chi connectivity index (χ3v) is 5.14. The Morgan fingerprint density at radius 3 is 2.35 bits per heavy atom. The maximum Gasteiger partial charge on any atom is 0.0655 e. The molecular weight excluding hydrogens is 478 g/mol. The number of halogens is 4. The van der Waals surface area contributed by atoms with E-state index >= 15 is 0 Å². The quantitative estimate of drug-likeness (QED) is 0.351. The van der Waals surface area contributed by atoms with E-state index in [0.717, 1.165) is 9.50 Å². The second-order valence-corrected chi connectivity index (χ2v) is 7.01. The third-order valence-electron chi connectivity index (χ3n) is 2.39. The van der Waals surface area contributed by atoms with Crippen LogP contribution in [0.3, 0.4) is 0 Å². The Kier molecular flexibility index (Phi) is 4.92. The predicted molar refractivity (Wildman–Crippen MR) is 89.1 cm³/mol. The standard InChI is InChI=1S/C13H8Br2ClI/c14-9-3-6-12(17)11(7-9)13(15)8-1-4-10(16)5-2-8/h1-7,13H. The molecule has 0 aromatic heterocycles. The van der Waals surface area contributed by atoms with Crippen LogP contribution in [0.15, 0.2) is 46.9 Å². The fourth-order valence-corrected chi connectivity index (χ4v) is 3.78. The van der Waals surface area contributed by atoms with Gasteiger partial charge in [0, 0.05) is 13.1 Å². The summed E-state index contributed by atoms with van der Waals surface area (Å²) in [4.78, 5) is 0.184. The first-order chi connectivity index (χ1) is 8.08. The second kappa shape index (κ2) is 6.04. The highest BCUT2D eigenvalue weighted by molar-refractivity contribution is 14.1. The molecule has 0 aliphatic heterocycles. The lowest BCUT2D eigenvalue weighted by Gasteiger charge is -2.13. The number of hydrogen-bond acceptors (Lipinski definition) is 0. The third kappa shape index (κ3) is 3.46. The fourth-order valence-electron chi connectivity index (χ4n) is 1.52. The van der Waals surface area contributed by atoms with Crippen molar-refractivity contribution in [2.75, 3.05) is 0 Å². The summed E-state index contributed by atoms with van der Waals surface area (Å²) in [7, 11) is 0. The molecule has 0 aliphatic rings. The zero-order valence-electron chi connectivity index (χ0n) is 8.63. The normalized spacial score (nSPS) is 12.5. The van der Waals surface area contributed by atoms with Crippen molar-refractivity contribution in [3.63, 3.8) is 0 Å². The van der Waals surface area contributed by atoms with E-state index in [0.29, 0.717) is 0 Å². The lowest BCUT2D eigenvalue weighted by molar-refractivity contribution is 1.16. The van der Waals surface area contributed by atoms with Crippen molar-refractivity contribution >= 4 is 66.1 Å². The van der Waals surface area contributed by atoms with Gasteiger partial charge in [-0.15, -0.1) is 0 Å². The first-order valence-electron chi connectivity index (χ1n) is 4.92. The van der Waals surface area contributed by atoms with Gasteiger partial charge in [0.05, 0.1) is 4.83 Å². The molecule has 0 fully saturated rings. The maximum absolute atomic E-state index is 5.89. The van der Waals surface area contributed by atoms with Crippen LogP contribution in [0.25, 0.3) is 0 Å². The van der Waals surface area contributed by atoms with E-state index in [-0.39, 0.29) is 4.83 Å². The topological polar surface area (TPSA) is 0 Å². The van der Waals surface area contributed by atoms with Gasteiger partial charge in [0.15, 0.2) is 0 Å². The van der Waals surface area contributed by atoms with Gasteiger partial charge in [-0.2, -0.15) is 0 Å². The summed E-state index contributed by atoms with van der Waals surface area (Å²) in [5.74, 6) is 0. The minimum Gasteiger partial charge on any atom is -0.0843 e. The van der Waals surface area contributed by atoms with E-state index in [1.54, 1.807) is 0 Å². The molecular formula is C13H8Br2ClI. The summed E-state index contributed by atoms with van der Waals surface area (Å²) < 4.78 is 2.33. The zero-order valence-corrected chi connectivity index (χ0v) is 14.7. The second-order valence-electron chi connectivity index (χ2n) is 3.58. The molecule has 0 heterocycles. The molecule has 0 nitrogen and oxygen atoms in total. The first-order valence-corrected chi connectivity index (χ1v) is 8.09. The van der Waals surface area contributed by atoms with Crippen LogP contribution in [-0.4, -0.2) is 0 Å². The minimum atomic E-state index is 0.184. The van der Waals surface area contributed by atoms with Crippen molar-refractivity contribution in [2.45, 2.75) is 4.83 Å². The van der Waals surface area contributed by atoms with E-state index < -0.39 is 0 Å². The van der Waals surface area contributed by atoms with Gasteiger partial charge in [-0.3, -0.25) is 0 Å². The largest absolute Gasteiger partial charge is 0.0843 e. The van der Waals surface area contributed by atoms with Crippen LogP contribution >= 0.6 is 66.1 Å². The molecule has 0 N–H and O–H groups in total. The van der Waals surface area contributed by atoms with Crippen molar-refractivity contribution in [3.05, 3.63) is 66.7 Å². The molecule has 0 aliphatic carbocycles. The smallest absolute Gasteiger partial charge is 0.0655 e. The van der Waals surface area contributed by atoms with Crippen molar-refractivity contribution in [3.8, 4) is 0 Å². The number of benzene rings is 2. The van der Waals surface area contributed by atoms with Crippen LogP contribution in [-0.2, 0) is 0 Å². The molecule has 0 bridgehead atoms. The number of alkyl halides is 1. The van der Waals surface area contributed by atoms with Gasteiger partial charge in [0.1, 0.15) is 0 Å². The van der Waals surface area contributed by atoms with E-state index in [9.17, 15) is 0 Å². The summed E-state index contributed by atoms with van der Waals surface area (Å²) in [5, 5.41) is 0.761. The Morgan fingerprint density at radius 2 is 1.71 bits per heavy atom. The van der Waals surface area contributed by atoms with E-state index in [2.05, 4.69) is 66.6 Å². The summed E-state index contributed by atoms with van der Waals surface area (Å²) in [6.07, 6.45) is 0. The SMILES string of the molecule is Clc1ccc(C(Br)c2cc(Br)ccc2I)cc1. The van der Waals surface area contributed by atoms with Crippen molar-refractivity contribution < 1.29 is 0 Å². The molecule has 4 heteroatoms. The van der Waals surface area contributed by atoms with Gasteiger partial charge in [0.25, 0.3) is 0 Å². The van der Waals surface area contributed by atoms with Gasteiger partial charge < -0.3 is 0 Å². The van der Waals surface area contributed by atoms with Crippen LogP contribution in [0.5, 0.6) is 0 Å². The minimum absolute atomic E-state index is 0.184. The molecule has 0 amide bonds. The highest BCUT2D eigenvalue weighted by Crippen LogP contribution is 2.35. The number of rotatable bonds is 2. The molecule has 1 unspecified atom stereocenters. The molecule has 0 saturated carbocycles. The van der Waals surface area contributed by atoms with E-state index in [1.165, 1.54) is 14.7 Å². The summed E-state index contributed by atoms with van der Waals surface area (Å²) in [6, 6.07) is 14.2. The van der Waals surface area contributed by atoms with Crippen LogP contribution in [0.1, 0.15) is 16.0 Å². The molecule has 0 radical (unpaired) electrons. The molecule has 0 spiro atoms. The Morgan fingerprint density at radius 1 is 1.06 bits per heavy atom. The Bertz CT molecular complexity index is 525. The van der Waals surface area contributed by atoms with Gasteiger partial charge >= 0.3 is 0 Å². The first kappa shape index (κ1) is 13.8. The Balaban J connectivity index is 2.39. The van der Waals surface area contributed by atoms with Crippen molar-refractivity contribution in [2.24, 2.45) is 0 Å². The van der Waals surface area contributed by atoms with Crippen LogP contribution in [0, 0.1) is 3.57 Å². The van der Waals surface area contributed by atoms with Gasteiger partial charge in [-0.1, -0.05) is 55.6 Å². The predicted octanol–water partition coefficient (Wildman–Crippen LogP) is 6.19. The van der Waals surface area contributed by atoms with Crippen LogP contribution in [0.2, 0.25) is 5.02 Å². The van der Waals surface area contributed by atoms with Crippen molar-refractivity contribution in [1.29, 1.82) is 0 Å². The average molecular weight is 486 g/mol. The molecule has 0 saturated heterocycles. The molecule has 88 valence electrons. The van der Waals surface area contributed by atoms with Crippen LogP contribution in [0.4, 0.5) is 0 Å². The molecule has 1 atom stereocenters. The Hall–Kier alpha value is 0.420. The average Bonchev–Trinajstić information content (AvgIpc) is 2.32. The maximum atomic E-state index is 5.89. The summed E-state index contributed by atoms with van der Waals surface area (Å²) >= 11 is 15.5. The molecule has 2 aromatic rings. The summed E-state index contributed by atoms with van der Waals surface area (Å²) in [6.45, 7) is 0. The molecule has 2 aromatic carbocycles. The van der Waals surface area contributed by atoms with E-state index in [1.807, 2.05) is 30.3 Å². The summed E-state index contributed by atoms with van der Waals surface area (Å²) in [5.41, 5.74) is 2.45. The number of hydrogen-bond donors (Lipinski definition) is 0. The van der Waals surface area contributed by atoms with Gasteiger partial charge in [-0.25, -0.2) is 0 Å². The lowest BCUT2D eigenvalue weighted by atomic mass is 10.1. The van der Waals surface area contributed by atoms with E-state index in [4.69, 9.17) is 11.6 Å². The van der Waals surface area contributed by atoms with Crippen LogP contribution < -0.4 is 0 Å².